The van der Waals surface area contributed by atoms with Gasteiger partial charge in [0, 0.05) is 11.8 Å². The Morgan fingerprint density at radius 1 is 1.07 bits per heavy atom. The number of aromatic nitrogens is 2. The molecule has 29 heavy (non-hydrogen) atoms. The lowest BCUT2D eigenvalue weighted by molar-refractivity contribution is 0.0600. The summed E-state index contributed by atoms with van der Waals surface area (Å²) in [5, 5.41) is 14.9. The van der Waals surface area contributed by atoms with Crippen molar-refractivity contribution in [1.82, 2.24) is 9.97 Å². The van der Waals surface area contributed by atoms with Crippen LogP contribution in [0.1, 0.15) is 32.2 Å². The van der Waals surface area contributed by atoms with Crippen LogP contribution in [0.3, 0.4) is 0 Å². The minimum atomic E-state index is -0.468. The van der Waals surface area contributed by atoms with E-state index in [0.717, 1.165) is 0 Å². The number of carbonyl (C=O) groups is 2. The molecular formula is C21H17N5O3. The lowest BCUT2D eigenvalue weighted by Crippen LogP contribution is -2.16. The first kappa shape index (κ1) is 19.5. The van der Waals surface area contributed by atoms with E-state index in [4.69, 9.17) is 10.00 Å². The van der Waals surface area contributed by atoms with Crippen LogP contribution < -0.4 is 10.6 Å². The van der Waals surface area contributed by atoms with Gasteiger partial charge in [-0.15, -0.1) is 0 Å². The fraction of sp³-hybridized carbons (Fsp3) is 0.0952. The average molecular weight is 387 g/mol. The lowest BCUT2D eigenvalue weighted by atomic mass is 10.2. The number of ether oxygens (including phenoxy) is 1. The summed E-state index contributed by atoms with van der Waals surface area (Å²) in [7, 11) is 1.31. The number of carbonyl (C=O) groups excluding carboxylic acids is 2. The lowest BCUT2D eigenvalue weighted by Gasteiger charge is -2.10. The Labute approximate surface area is 167 Å². The largest absolute Gasteiger partial charge is 0.465 e. The van der Waals surface area contributed by atoms with Crippen LogP contribution in [-0.4, -0.2) is 29.0 Å². The molecular weight excluding hydrogens is 370 g/mol. The second-order valence-electron chi connectivity index (χ2n) is 5.99. The molecule has 0 saturated heterocycles. The van der Waals surface area contributed by atoms with Gasteiger partial charge in [0.25, 0.3) is 5.91 Å². The number of nitriles is 1. The number of anilines is 3. The molecule has 0 radical (unpaired) electrons. The molecule has 8 heteroatoms. The first-order chi connectivity index (χ1) is 14.0. The molecule has 0 aliphatic heterocycles. The first-order valence-electron chi connectivity index (χ1n) is 8.61. The Bertz CT molecular complexity index is 1120. The summed E-state index contributed by atoms with van der Waals surface area (Å²) in [5.41, 5.74) is 1.87. The first-order valence-corrected chi connectivity index (χ1v) is 8.61. The number of hydrogen-bond donors (Lipinski definition) is 2. The standard InChI is InChI=1S/C21H17N5O3/c1-13-23-18(20(27)26-17-9-4-3-6-15(17)12-22)11-19(24-13)25-16-8-5-7-14(10-16)21(28)29-2/h3-11H,1-2H3,(H,26,27)(H,23,24,25). The predicted octanol–water partition coefficient (Wildman–Crippen LogP) is 3.44. The molecule has 3 rings (SSSR count). The minimum absolute atomic E-state index is 0.136. The quantitative estimate of drug-likeness (QED) is 0.644. The monoisotopic (exact) mass is 387 g/mol. The van der Waals surface area contributed by atoms with Gasteiger partial charge in [0.2, 0.25) is 0 Å². The molecule has 1 heterocycles. The molecule has 1 aromatic heterocycles. The SMILES string of the molecule is COC(=O)c1cccc(Nc2cc(C(=O)Nc3ccccc3C#N)nc(C)n2)c1. The van der Waals surface area contributed by atoms with Crippen LogP contribution >= 0.6 is 0 Å². The zero-order chi connectivity index (χ0) is 20.8. The molecule has 0 atom stereocenters. The maximum Gasteiger partial charge on any atom is 0.337 e. The van der Waals surface area contributed by atoms with Gasteiger partial charge in [0.05, 0.1) is 23.9 Å². The summed E-state index contributed by atoms with van der Waals surface area (Å²) in [6.45, 7) is 1.66. The van der Waals surface area contributed by atoms with E-state index in [-0.39, 0.29) is 5.69 Å². The molecule has 0 spiro atoms. The van der Waals surface area contributed by atoms with Gasteiger partial charge in [-0.2, -0.15) is 5.26 Å². The van der Waals surface area contributed by atoms with Crippen LogP contribution in [0.4, 0.5) is 17.2 Å². The van der Waals surface area contributed by atoms with Gasteiger partial charge in [-0.05, 0) is 37.3 Å². The normalized spacial score (nSPS) is 9.97. The van der Waals surface area contributed by atoms with E-state index in [9.17, 15) is 9.59 Å². The van der Waals surface area contributed by atoms with E-state index in [1.807, 2.05) is 6.07 Å². The number of nitrogens with zero attached hydrogens (tertiary/aromatic N) is 3. The van der Waals surface area contributed by atoms with Crippen molar-refractivity contribution in [3.8, 4) is 6.07 Å². The van der Waals surface area contributed by atoms with Crippen molar-refractivity contribution in [2.45, 2.75) is 6.92 Å². The van der Waals surface area contributed by atoms with Crippen LogP contribution in [0.5, 0.6) is 0 Å². The molecule has 8 nitrogen and oxygen atoms in total. The predicted molar refractivity (Wildman–Crippen MR) is 107 cm³/mol. The van der Waals surface area contributed by atoms with Gasteiger partial charge in [-0.1, -0.05) is 18.2 Å². The van der Waals surface area contributed by atoms with Crippen LogP contribution in [0, 0.1) is 18.3 Å². The van der Waals surface area contributed by atoms with Crippen molar-refractivity contribution in [3.63, 3.8) is 0 Å². The molecule has 144 valence electrons. The summed E-state index contributed by atoms with van der Waals surface area (Å²) >= 11 is 0. The third-order valence-corrected chi connectivity index (χ3v) is 3.92. The Balaban J connectivity index is 1.84. The molecule has 0 unspecified atom stereocenters. The summed E-state index contributed by atoms with van der Waals surface area (Å²) in [6.07, 6.45) is 0. The van der Waals surface area contributed by atoms with Crippen molar-refractivity contribution in [2.75, 3.05) is 17.7 Å². The zero-order valence-corrected chi connectivity index (χ0v) is 15.8. The highest BCUT2D eigenvalue weighted by Crippen LogP contribution is 2.19. The van der Waals surface area contributed by atoms with Gasteiger partial charge in [-0.3, -0.25) is 4.79 Å². The topological polar surface area (TPSA) is 117 Å². The van der Waals surface area contributed by atoms with Crippen LogP contribution in [-0.2, 0) is 4.74 Å². The molecule has 3 aromatic rings. The fourth-order valence-corrected chi connectivity index (χ4v) is 2.61. The summed E-state index contributed by atoms with van der Waals surface area (Å²) < 4.78 is 4.72. The highest BCUT2D eigenvalue weighted by molar-refractivity contribution is 6.04. The van der Waals surface area contributed by atoms with Crippen molar-refractivity contribution in [2.24, 2.45) is 0 Å². The molecule has 1 amide bonds. The highest BCUT2D eigenvalue weighted by atomic mass is 16.5. The second kappa shape index (κ2) is 8.63. The maximum atomic E-state index is 12.6. The van der Waals surface area contributed by atoms with Crippen LogP contribution in [0.2, 0.25) is 0 Å². The van der Waals surface area contributed by atoms with E-state index >= 15 is 0 Å². The van der Waals surface area contributed by atoms with E-state index in [1.54, 1.807) is 55.5 Å². The maximum absolute atomic E-state index is 12.6. The van der Waals surface area contributed by atoms with Crippen molar-refractivity contribution in [3.05, 3.63) is 77.2 Å². The summed E-state index contributed by atoms with van der Waals surface area (Å²) in [5.74, 6) is -0.149. The smallest absolute Gasteiger partial charge is 0.337 e. The molecule has 0 aliphatic rings. The number of esters is 1. The van der Waals surface area contributed by atoms with Crippen LogP contribution in [0.15, 0.2) is 54.6 Å². The number of rotatable bonds is 5. The van der Waals surface area contributed by atoms with E-state index in [2.05, 4.69) is 20.6 Å². The van der Waals surface area contributed by atoms with Gasteiger partial charge in [-0.25, -0.2) is 14.8 Å². The Morgan fingerprint density at radius 2 is 1.86 bits per heavy atom. The number of benzene rings is 2. The van der Waals surface area contributed by atoms with Crippen molar-refractivity contribution < 1.29 is 14.3 Å². The fourth-order valence-electron chi connectivity index (χ4n) is 2.61. The van der Waals surface area contributed by atoms with E-state index in [1.165, 1.54) is 13.2 Å². The molecule has 0 fully saturated rings. The average Bonchev–Trinajstić information content (AvgIpc) is 2.73. The number of amides is 1. The van der Waals surface area contributed by atoms with Gasteiger partial charge in [0.1, 0.15) is 23.4 Å². The number of nitrogens with one attached hydrogen (secondary N) is 2. The zero-order valence-electron chi connectivity index (χ0n) is 15.8. The second-order valence-corrected chi connectivity index (χ2v) is 5.99. The highest BCUT2D eigenvalue weighted by Gasteiger charge is 2.13. The van der Waals surface area contributed by atoms with E-state index < -0.39 is 11.9 Å². The van der Waals surface area contributed by atoms with Crippen LogP contribution in [0.25, 0.3) is 0 Å². The summed E-state index contributed by atoms with van der Waals surface area (Å²) in [4.78, 5) is 32.8. The third-order valence-electron chi connectivity index (χ3n) is 3.92. The van der Waals surface area contributed by atoms with Crippen molar-refractivity contribution >= 4 is 29.1 Å². The number of para-hydroxylation sites is 1. The third kappa shape index (κ3) is 4.73. The molecule has 0 saturated carbocycles. The number of methoxy groups -OCH3 is 1. The Morgan fingerprint density at radius 3 is 2.62 bits per heavy atom. The van der Waals surface area contributed by atoms with Crippen molar-refractivity contribution in [1.29, 1.82) is 5.26 Å². The summed E-state index contributed by atoms with van der Waals surface area (Å²) in [6, 6.07) is 16.9. The van der Waals surface area contributed by atoms with Gasteiger partial charge >= 0.3 is 5.97 Å². The number of hydrogen-bond acceptors (Lipinski definition) is 7. The Kier molecular flexibility index (Phi) is 5.80. The van der Waals surface area contributed by atoms with Gasteiger partial charge in [0.15, 0.2) is 0 Å². The molecule has 0 bridgehead atoms. The number of aryl methyl sites for hydroxylation is 1. The van der Waals surface area contributed by atoms with Gasteiger partial charge < -0.3 is 15.4 Å². The Hall–Kier alpha value is -4.25. The molecule has 0 aliphatic carbocycles. The molecule has 2 N–H and O–H groups in total. The minimum Gasteiger partial charge on any atom is -0.465 e. The van der Waals surface area contributed by atoms with E-state index in [0.29, 0.717) is 34.1 Å². The molecule has 2 aromatic carbocycles.